The van der Waals surface area contributed by atoms with Gasteiger partial charge in [-0.1, -0.05) is 37.8 Å². The fourth-order valence-electron chi connectivity index (χ4n) is 4.24. The number of anilines is 1. The van der Waals surface area contributed by atoms with Gasteiger partial charge in [-0.15, -0.1) is 12.6 Å². The number of carbonyl (C=O) groups excluding carboxylic acids is 1. The summed E-state index contributed by atoms with van der Waals surface area (Å²) in [4.78, 5) is 26.8. The molecule has 0 spiro atoms. The van der Waals surface area contributed by atoms with Crippen LogP contribution in [0, 0.1) is 5.41 Å². The van der Waals surface area contributed by atoms with E-state index in [9.17, 15) is 0 Å². The number of amides is 1. The van der Waals surface area contributed by atoms with Crippen LogP contribution in [0.25, 0.3) is 11.6 Å². The smallest absolute Gasteiger partial charge is 0.206 e. The lowest BCUT2D eigenvalue weighted by molar-refractivity contribution is -0.109. The molecule has 0 aromatic carbocycles. The first-order valence-corrected chi connectivity index (χ1v) is 14.1. The van der Waals surface area contributed by atoms with Gasteiger partial charge >= 0.3 is 0 Å². The molecular weight excluding hydrogens is 510 g/mol. The van der Waals surface area contributed by atoms with Crippen molar-refractivity contribution in [1.82, 2.24) is 25.1 Å². The first kappa shape index (κ1) is 32.4. The average Bonchev–Trinajstić information content (AvgIpc) is 2.98. The molecule has 3 rings (SSSR count). The number of allylic oxidation sites excluding steroid dienone is 6. The van der Waals surface area contributed by atoms with Crippen LogP contribution in [0.1, 0.15) is 38.2 Å². The third-order valence-corrected chi connectivity index (χ3v) is 7.00. The zero-order valence-electron chi connectivity index (χ0n) is 23.7. The van der Waals surface area contributed by atoms with E-state index >= 15 is 0 Å². The van der Waals surface area contributed by atoms with Gasteiger partial charge in [0.25, 0.3) is 0 Å². The number of thiol groups is 1. The van der Waals surface area contributed by atoms with Crippen molar-refractivity contribution in [3.05, 3.63) is 48.0 Å². The molecule has 2 N–H and O–H groups in total. The molecule has 2 saturated heterocycles. The number of carbonyl (C=O) groups is 1. The number of hydrogen-bond acceptors (Lipinski definition) is 9. The fourth-order valence-corrected chi connectivity index (χ4v) is 4.56. The summed E-state index contributed by atoms with van der Waals surface area (Å²) in [7, 11) is 1.56. The number of morpholine rings is 1. The van der Waals surface area contributed by atoms with Gasteiger partial charge in [0.15, 0.2) is 5.82 Å². The van der Waals surface area contributed by atoms with Crippen LogP contribution in [0.2, 0.25) is 0 Å². The Hall–Kier alpha value is -2.79. The third kappa shape index (κ3) is 10.7. The zero-order chi connectivity index (χ0) is 28.5. The van der Waals surface area contributed by atoms with Crippen molar-refractivity contribution >= 4 is 42.7 Å². The first-order valence-electron chi connectivity index (χ1n) is 13.7. The minimum atomic E-state index is 0.560. The maximum Gasteiger partial charge on any atom is 0.206 e. The average molecular weight is 556 g/mol. The summed E-state index contributed by atoms with van der Waals surface area (Å²) in [5, 5.41) is 9.98. The van der Waals surface area contributed by atoms with Crippen LogP contribution in [-0.4, -0.2) is 105 Å². The summed E-state index contributed by atoms with van der Waals surface area (Å²) in [6.45, 7) is 18.0. The summed E-state index contributed by atoms with van der Waals surface area (Å²) >= 11 is 4.84. The summed E-state index contributed by atoms with van der Waals surface area (Å²) < 4.78 is 5.54. The summed E-state index contributed by atoms with van der Waals surface area (Å²) in [5.41, 5.74) is 2.10. The van der Waals surface area contributed by atoms with Crippen molar-refractivity contribution in [2.75, 3.05) is 77.5 Å². The van der Waals surface area contributed by atoms with Gasteiger partial charge in [-0.2, -0.15) is 0 Å². The second-order valence-corrected chi connectivity index (χ2v) is 9.65. The molecule has 0 aliphatic carbocycles. The normalized spacial score (nSPS) is 17.2. The number of hydrogen-bond donors (Lipinski definition) is 3. The standard InChI is InChI=1S/C27H40N6OS.C2H5NO/c1-4-6-10-23(22(3)21-28)26-29-24(25(35)27(30-26)33-17-19-34-20-18-33)11-8-7-9-12-32-15-13-31(5-2)14-16-32;1-3-2-4/h4,6,8,10-11,21,28,35H,3,5,7,9,12-20H2,1-2H3;2H,1H3,(H,3,4)/b6-4-,11-8+,23-10+,28-21?;. The Balaban J connectivity index is 0.00000124. The second-order valence-electron chi connectivity index (χ2n) is 9.21. The molecule has 9 nitrogen and oxygen atoms in total. The molecule has 2 fully saturated rings. The van der Waals surface area contributed by atoms with E-state index in [1.54, 1.807) is 7.05 Å². The molecule has 214 valence electrons. The zero-order valence-corrected chi connectivity index (χ0v) is 24.6. The molecule has 1 aromatic heterocycles. The van der Waals surface area contributed by atoms with Crippen molar-refractivity contribution < 1.29 is 9.53 Å². The van der Waals surface area contributed by atoms with Gasteiger partial charge in [0.2, 0.25) is 6.41 Å². The first-order chi connectivity index (χ1) is 19.0. The van der Waals surface area contributed by atoms with Gasteiger partial charge in [0, 0.05) is 58.1 Å². The quantitative estimate of drug-likeness (QED) is 0.119. The molecule has 3 heterocycles. The van der Waals surface area contributed by atoms with Gasteiger partial charge in [0.05, 0.1) is 23.8 Å². The van der Waals surface area contributed by atoms with E-state index in [1.165, 1.54) is 19.3 Å². The van der Waals surface area contributed by atoms with Crippen LogP contribution >= 0.6 is 12.6 Å². The monoisotopic (exact) mass is 555 g/mol. The lowest BCUT2D eigenvalue weighted by Gasteiger charge is -2.33. The number of piperazine rings is 1. The predicted molar refractivity (Wildman–Crippen MR) is 165 cm³/mol. The van der Waals surface area contributed by atoms with Crippen molar-refractivity contribution in [2.45, 2.75) is 31.6 Å². The molecule has 2 aliphatic heterocycles. The number of nitrogens with zero attached hydrogens (tertiary/aromatic N) is 5. The van der Waals surface area contributed by atoms with E-state index in [4.69, 9.17) is 37.5 Å². The van der Waals surface area contributed by atoms with Gasteiger partial charge in [0.1, 0.15) is 5.82 Å². The highest BCUT2D eigenvalue weighted by molar-refractivity contribution is 7.80. The van der Waals surface area contributed by atoms with Crippen LogP contribution in [0.5, 0.6) is 0 Å². The van der Waals surface area contributed by atoms with Crippen LogP contribution in [0.4, 0.5) is 5.82 Å². The van der Waals surface area contributed by atoms with Crippen molar-refractivity contribution in [2.24, 2.45) is 0 Å². The number of rotatable bonds is 12. The topological polar surface area (TPSA) is 97.7 Å². The van der Waals surface area contributed by atoms with Gasteiger partial charge in [-0.25, -0.2) is 9.97 Å². The molecule has 39 heavy (non-hydrogen) atoms. The molecule has 10 heteroatoms. The van der Waals surface area contributed by atoms with Gasteiger partial charge in [-0.05, 0) is 44.5 Å². The Morgan fingerprint density at radius 3 is 2.41 bits per heavy atom. The van der Waals surface area contributed by atoms with Crippen LogP contribution in [-0.2, 0) is 9.53 Å². The summed E-state index contributed by atoms with van der Waals surface area (Å²) in [6, 6.07) is 0. The molecule has 1 amide bonds. The summed E-state index contributed by atoms with van der Waals surface area (Å²) in [6.07, 6.45) is 14.0. The highest BCUT2D eigenvalue weighted by atomic mass is 32.1. The largest absolute Gasteiger partial charge is 0.378 e. The number of unbranched alkanes of at least 4 members (excludes halogenated alkanes) is 1. The van der Waals surface area contributed by atoms with E-state index in [0.717, 1.165) is 74.1 Å². The highest BCUT2D eigenvalue weighted by Crippen LogP contribution is 2.30. The number of likely N-dealkylation sites (N-methyl/N-ethyl adjacent to an activating group) is 1. The lowest BCUT2D eigenvalue weighted by Crippen LogP contribution is -2.46. The maximum absolute atomic E-state index is 9.06. The van der Waals surface area contributed by atoms with E-state index < -0.39 is 0 Å². The Morgan fingerprint density at radius 2 is 1.82 bits per heavy atom. The van der Waals surface area contributed by atoms with Crippen molar-refractivity contribution in [1.29, 1.82) is 5.41 Å². The molecule has 0 unspecified atom stereocenters. The molecule has 0 saturated carbocycles. The lowest BCUT2D eigenvalue weighted by atomic mass is 10.1. The minimum absolute atomic E-state index is 0.560. The van der Waals surface area contributed by atoms with Crippen molar-refractivity contribution in [3.63, 3.8) is 0 Å². The van der Waals surface area contributed by atoms with Crippen LogP contribution in [0.3, 0.4) is 0 Å². The number of nitrogens with one attached hydrogen (secondary N) is 2. The summed E-state index contributed by atoms with van der Waals surface area (Å²) in [5.74, 6) is 1.36. The van der Waals surface area contributed by atoms with Gasteiger partial charge < -0.3 is 30.2 Å². The SMILES string of the molecule is C=C(C=N)/C(=C\C=C/C)c1nc(/C=C/CCCN2CCN(CC)CC2)c(S)c(N2CCOCC2)n1.CNC=O. The van der Waals surface area contributed by atoms with Crippen LogP contribution in [0.15, 0.2) is 41.4 Å². The molecule has 0 radical (unpaired) electrons. The molecule has 2 aliphatic rings. The van der Waals surface area contributed by atoms with Crippen LogP contribution < -0.4 is 10.2 Å². The number of aromatic nitrogens is 2. The molecular formula is C29H45N7O2S. The van der Waals surface area contributed by atoms with Crippen molar-refractivity contribution in [3.8, 4) is 0 Å². The minimum Gasteiger partial charge on any atom is -0.378 e. The van der Waals surface area contributed by atoms with E-state index in [1.807, 2.05) is 25.2 Å². The Morgan fingerprint density at radius 1 is 1.15 bits per heavy atom. The molecule has 0 atom stereocenters. The number of ether oxygens (including phenoxy) is 1. The highest BCUT2D eigenvalue weighted by Gasteiger charge is 2.21. The third-order valence-electron chi connectivity index (χ3n) is 6.57. The molecule has 0 bridgehead atoms. The Kier molecular flexibility index (Phi) is 15.4. The maximum atomic E-state index is 9.06. The Bertz CT molecular complexity index is 1010. The van der Waals surface area contributed by atoms with E-state index in [2.05, 4.69) is 45.7 Å². The molecule has 1 aromatic rings. The predicted octanol–water partition coefficient (Wildman–Crippen LogP) is 3.56. The second kappa shape index (κ2) is 18.5. The van der Waals surface area contributed by atoms with E-state index in [0.29, 0.717) is 31.0 Å². The Labute approximate surface area is 239 Å². The fraction of sp³-hybridized carbons (Fsp3) is 0.517. The van der Waals surface area contributed by atoms with Gasteiger partial charge in [-0.3, -0.25) is 4.79 Å². The van der Waals surface area contributed by atoms with E-state index in [-0.39, 0.29) is 0 Å².